The van der Waals surface area contributed by atoms with Gasteiger partial charge in [0.15, 0.2) is 0 Å². The number of urea groups is 1. The van der Waals surface area contributed by atoms with Gasteiger partial charge in [0.2, 0.25) is 0 Å². The van der Waals surface area contributed by atoms with Gasteiger partial charge in [-0.25, -0.2) is 15.2 Å². The van der Waals surface area contributed by atoms with Crippen molar-refractivity contribution < 1.29 is 9.72 Å². The zero-order valence-electron chi connectivity index (χ0n) is 18.0. The third-order valence-corrected chi connectivity index (χ3v) is 5.99. The highest BCUT2D eigenvalue weighted by atomic mass is 79.9. The Labute approximate surface area is 215 Å². The zero-order valence-corrected chi connectivity index (χ0v) is 21.2. The second-order valence-corrected chi connectivity index (χ2v) is 9.07. The van der Waals surface area contributed by atoms with Gasteiger partial charge in [-0.2, -0.15) is 5.10 Å². The van der Waals surface area contributed by atoms with E-state index in [9.17, 15) is 19.7 Å². The fraction of sp³-hybridized carbons (Fsp3) is 0.0435. The predicted octanol–water partition coefficient (Wildman–Crippen LogP) is 5.28. The molecule has 0 bridgehead atoms. The summed E-state index contributed by atoms with van der Waals surface area (Å²) in [5, 5.41) is 17.6. The van der Waals surface area contributed by atoms with Crippen molar-refractivity contribution in [3.63, 3.8) is 0 Å². The van der Waals surface area contributed by atoms with Gasteiger partial charge in [0.25, 0.3) is 11.2 Å². The summed E-state index contributed by atoms with van der Waals surface area (Å²) in [6, 6.07) is 15.4. The fourth-order valence-corrected chi connectivity index (χ4v) is 4.64. The Hall–Kier alpha value is -3.90. The van der Waals surface area contributed by atoms with Crippen LogP contribution in [-0.4, -0.2) is 26.7 Å². The van der Waals surface area contributed by atoms with Gasteiger partial charge in [0, 0.05) is 26.8 Å². The molecular formula is C23H16Br2N6O4. The Kier molecular flexibility index (Phi) is 7.03. The molecule has 4 aromatic rings. The smallest absolute Gasteiger partial charge is 0.307 e. The van der Waals surface area contributed by atoms with Crippen LogP contribution in [0.25, 0.3) is 16.6 Å². The average Bonchev–Trinajstić information content (AvgIpc) is 2.81. The molecule has 0 aliphatic rings. The number of benzene rings is 3. The molecule has 10 nitrogen and oxygen atoms in total. The first-order chi connectivity index (χ1) is 16.7. The summed E-state index contributed by atoms with van der Waals surface area (Å²) in [5.41, 5.74) is 4.33. The molecule has 1 heterocycles. The number of hydrazone groups is 1. The fourth-order valence-electron chi connectivity index (χ4n) is 3.33. The molecule has 0 saturated heterocycles. The predicted molar refractivity (Wildman–Crippen MR) is 140 cm³/mol. The van der Waals surface area contributed by atoms with Gasteiger partial charge in [-0.3, -0.25) is 19.5 Å². The third-order valence-electron chi connectivity index (χ3n) is 4.93. The molecular weight excluding hydrogens is 584 g/mol. The van der Waals surface area contributed by atoms with E-state index in [4.69, 9.17) is 0 Å². The number of amides is 2. The largest absolute Gasteiger partial charge is 0.339 e. The van der Waals surface area contributed by atoms with Crippen LogP contribution in [0.15, 0.2) is 79.5 Å². The molecule has 2 amide bonds. The highest BCUT2D eigenvalue weighted by Gasteiger charge is 2.13. The summed E-state index contributed by atoms with van der Waals surface area (Å²) in [5.74, 6) is 0.518. The Morgan fingerprint density at radius 1 is 1.11 bits per heavy atom. The van der Waals surface area contributed by atoms with Crippen LogP contribution in [0.5, 0.6) is 0 Å². The molecule has 0 fully saturated rings. The number of carbonyl (C=O) groups is 1. The number of hydrogen-bond acceptors (Lipinski definition) is 6. The van der Waals surface area contributed by atoms with Crippen LogP contribution < -0.4 is 16.3 Å². The van der Waals surface area contributed by atoms with Crippen molar-refractivity contribution in [3.8, 4) is 5.69 Å². The van der Waals surface area contributed by atoms with Crippen LogP contribution in [0, 0.1) is 17.0 Å². The molecule has 0 saturated carbocycles. The monoisotopic (exact) mass is 598 g/mol. The number of fused-ring (bicyclic) bond motifs is 1. The van der Waals surface area contributed by atoms with Gasteiger partial charge >= 0.3 is 6.03 Å². The minimum atomic E-state index is -0.577. The summed E-state index contributed by atoms with van der Waals surface area (Å²) >= 11 is 6.85. The van der Waals surface area contributed by atoms with E-state index in [1.807, 2.05) is 6.07 Å². The number of carbonyl (C=O) groups excluding carboxylic acids is 1. The topological polar surface area (TPSA) is 132 Å². The Morgan fingerprint density at radius 2 is 1.80 bits per heavy atom. The van der Waals surface area contributed by atoms with Gasteiger partial charge in [-0.1, -0.05) is 15.9 Å². The lowest BCUT2D eigenvalue weighted by molar-refractivity contribution is -0.384. The van der Waals surface area contributed by atoms with Crippen LogP contribution in [0.1, 0.15) is 11.4 Å². The van der Waals surface area contributed by atoms with E-state index in [1.54, 1.807) is 37.3 Å². The number of halogens is 2. The standard InChI is InChI=1S/C23H16Br2N6O4/c1-13-27-21-19(10-15(24)11-20(21)25)22(32)30(13)17-8-4-16(5-9-17)28-23(33)29-26-12-14-2-6-18(7-3-14)31(34)35/h2-12H,1H3,(H2,28,29,33)/b26-12+. The number of nitro benzene ring substituents is 1. The summed E-state index contributed by atoms with van der Waals surface area (Å²) in [6.07, 6.45) is 1.37. The molecule has 1 aromatic heterocycles. The van der Waals surface area contributed by atoms with Crippen molar-refractivity contribution in [2.45, 2.75) is 6.92 Å². The molecule has 0 spiro atoms. The van der Waals surface area contributed by atoms with Gasteiger partial charge in [-0.05, 0) is 76.9 Å². The van der Waals surface area contributed by atoms with Crippen molar-refractivity contribution in [3.05, 3.63) is 101 Å². The summed E-state index contributed by atoms with van der Waals surface area (Å²) in [6.45, 7) is 1.75. The minimum absolute atomic E-state index is 0.0334. The van der Waals surface area contributed by atoms with Gasteiger partial charge in [0.1, 0.15) is 5.82 Å². The number of nitrogens with zero attached hydrogens (tertiary/aromatic N) is 4. The van der Waals surface area contributed by atoms with E-state index in [-0.39, 0.29) is 11.2 Å². The second kappa shape index (κ2) is 10.2. The van der Waals surface area contributed by atoms with Crippen LogP contribution in [0.2, 0.25) is 0 Å². The molecule has 4 rings (SSSR count). The first-order valence-corrected chi connectivity index (χ1v) is 11.6. The van der Waals surface area contributed by atoms with Crippen LogP contribution in [0.4, 0.5) is 16.2 Å². The average molecular weight is 600 g/mol. The molecule has 0 aliphatic carbocycles. The minimum Gasteiger partial charge on any atom is -0.307 e. The molecule has 2 N–H and O–H groups in total. The summed E-state index contributed by atoms with van der Waals surface area (Å²) < 4.78 is 2.98. The molecule has 0 radical (unpaired) electrons. The van der Waals surface area contributed by atoms with E-state index >= 15 is 0 Å². The first-order valence-electron chi connectivity index (χ1n) is 10.1. The van der Waals surface area contributed by atoms with Gasteiger partial charge in [0.05, 0.1) is 27.7 Å². The van der Waals surface area contributed by atoms with Gasteiger partial charge < -0.3 is 5.32 Å². The number of aryl methyl sites for hydroxylation is 1. The molecule has 12 heteroatoms. The highest BCUT2D eigenvalue weighted by Crippen LogP contribution is 2.26. The lowest BCUT2D eigenvalue weighted by Crippen LogP contribution is -2.24. The molecule has 35 heavy (non-hydrogen) atoms. The van der Waals surface area contributed by atoms with Crippen LogP contribution in [0.3, 0.4) is 0 Å². The van der Waals surface area contributed by atoms with Crippen LogP contribution in [-0.2, 0) is 0 Å². The molecule has 3 aromatic carbocycles. The van der Waals surface area contributed by atoms with Crippen molar-refractivity contribution in [1.82, 2.24) is 15.0 Å². The molecule has 0 aliphatic heterocycles. The maximum Gasteiger partial charge on any atom is 0.339 e. The van der Waals surface area contributed by atoms with Crippen molar-refractivity contribution in [2.75, 3.05) is 5.32 Å². The SMILES string of the molecule is Cc1nc2c(Br)cc(Br)cc2c(=O)n1-c1ccc(NC(=O)N/N=C/c2ccc([N+](=O)[O-])cc2)cc1. The van der Waals surface area contributed by atoms with E-state index in [0.29, 0.717) is 33.7 Å². The highest BCUT2D eigenvalue weighted by molar-refractivity contribution is 9.11. The van der Waals surface area contributed by atoms with Crippen molar-refractivity contribution in [2.24, 2.45) is 5.10 Å². The molecule has 176 valence electrons. The van der Waals surface area contributed by atoms with Crippen molar-refractivity contribution in [1.29, 1.82) is 0 Å². The lowest BCUT2D eigenvalue weighted by atomic mass is 10.2. The number of nitrogens with one attached hydrogen (secondary N) is 2. The van der Waals surface area contributed by atoms with E-state index in [2.05, 4.69) is 52.7 Å². The Balaban J connectivity index is 1.46. The van der Waals surface area contributed by atoms with Crippen molar-refractivity contribution >= 4 is 66.4 Å². The summed E-state index contributed by atoms with van der Waals surface area (Å²) in [7, 11) is 0. The lowest BCUT2D eigenvalue weighted by Gasteiger charge is -2.12. The number of rotatable bonds is 5. The van der Waals surface area contributed by atoms with E-state index in [0.717, 1.165) is 8.95 Å². The maximum atomic E-state index is 13.2. The normalized spacial score (nSPS) is 11.1. The number of nitro groups is 1. The maximum absolute atomic E-state index is 13.2. The molecule has 0 atom stereocenters. The zero-order chi connectivity index (χ0) is 25.1. The van der Waals surface area contributed by atoms with E-state index < -0.39 is 11.0 Å². The van der Waals surface area contributed by atoms with E-state index in [1.165, 1.54) is 35.0 Å². The number of hydrogen-bond donors (Lipinski definition) is 2. The first kappa shape index (κ1) is 24.2. The quantitative estimate of drug-likeness (QED) is 0.183. The molecule has 0 unspecified atom stereocenters. The summed E-state index contributed by atoms with van der Waals surface area (Å²) in [4.78, 5) is 40.0. The Bertz CT molecular complexity index is 1530. The van der Waals surface area contributed by atoms with Crippen LogP contribution >= 0.6 is 31.9 Å². The second-order valence-electron chi connectivity index (χ2n) is 7.30. The number of aromatic nitrogens is 2. The van der Waals surface area contributed by atoms with Gasteiger partial charge in [-0.15, -0.1) is 0 Å². The number of anilines is 1. The third kappa shape index (κ3) is 5.44. The number of non-ortho nitro benzene ring substituents is 1. The Morgan fingerprint density at radius 3 is 2.46 bits per heavy atom.